The number of nitrogens with zero attached hydrogens (tertiary/aromatic N) is 1. The molecule has 0 spiro atoms. The Morgan fingerprint density at radius 3 is 2.58 bits per heavy atom. The molecule has 0 bridgehead atoms. The zero-order chi connectivity index (χ0) is 23.8. The highest BCUT2D eigenvalue weighted by Crippen LogP contribution is 2.34. The Balaban J connectivity index is 1.54. The summed E-state index contributed by atoms with van der Waals surface area (Å²) >= 11 is 5.96. The van der Waals surface area contributed by atoms with Gasteiger partial charge in [-0.05, 0) is 60.0 Å². The number of sulfonamides is 1. The fourth-order valence-electron chi connectivity index (χ4n) is 3.62. The second-order valence-electron chi connectivity index (χ2n) is 7.43. The Hall–Kier alpha value is -3.43. The van der Waals surface area contributed by atoms with Crippen molar-refractivity contribution in [1.29, 1.82) is 0 Å². The van der Waals surface area contributed by atoms with Crippen LogP contribution in [0.5, 0.6) is 0 Å². The molecule has 0 radical (unpaired) electrons. The van der Waals surface area contributed by atoms with E-state index in [9.17, 15) is 22.4 Å². The van der Waals surface area contributed by atoms with Gasteiger partial charge in [0, 0.05) is 18.7 Å². The first kappa shape index (κ1) is 22.8. The normalized spacial score (nSPS) is 13.0. The highest BCUT2D eigenvalue weighted by Gasteiger charge is 2.31. The van der Waals surface area contributed by atoms with Gasteiger partial charge in [-0.3, -0.25) is 9.10 Å². The summed E-state index contributed by atoms with van der Waals surface area (Å²) in [6.45, 7) is 0.286. The molecular formula is C23H18ClFN2O5S. The zero-order valence-electron chi connectivity index (χ0n) is 17.1. The van der Waals surface area contributed by atoms with E-state index in [0.717, 1.165) is 11.6 Å². The van der Waals surface area contributed by atoms with E-state index in [1.807, 2.05) is 0 Å². The van der Waals surface area contributed by atoms with E-state index in [2.05, 4.69) is 5.32 Å². The number of fused-ring (bicyclic) bond motifs is 1. The quantitative estimate of drug-likeness (QED) is 0.548. The molecule has 0 saturated carbocycles. The van der Waals surface area contributed by atoms with Crippen molar-refractivity contribution in [2.24, 2.45) is 0 Å². The molecule has 7 nitrogen and oxygen atoms in total. The molecule has 0 atom stereocenters. The van der Waals surface area contributed by atoms with Gasteiger partial charge in [0.25, 0.3) is 15.9 Å². The topological polar surface area (TPSA) is 104 Å². The van der Waals surface area contributed by atoms with Crippen LogP contribution in [0.25, 0.3) is 0 Å². The Morgan fingerprint density at radius 2 is 1.88 bits per heavy atom. The third-order valence-electron chi connectivity index (χ3n) is 5.30. The van der Waals surface area contributed by atoms with Gasteiger partial charge in [-0.1, -0.05) is 29.8 Å². The minimum absolute atomic E-state index is 0.0371. The molecule has 170 valence electrons. The standard InChI is InChI=1S/C23H18ClFN2O5S/c24-20-10-14(4-7-19(20)23(29)30)13-26-22(28)16-6-5-15-8-9-27(21(15)11-16)33(31,32)18-3-1-2-17(25)12-18/h1-7,10-12H,8-9,13H2,(H,26,28)(H,29,30). The van der Waals surface area contributed by atoms with Gasteiger partial charge in [0.2, 0.25) is 0 Å². The van der Waals surface area contributed by atoms with Crippen molar-refractivity contribution in [2.75, 3.05) is 10.8 Å². The number of benzene rings is 3. The third kappa shape index (κ3) is 4.55. The van der Waals surface area contributed by atoms with Gasteiger partial charge in [-0.2, -0.15) is 0 Å². The molecule has 0 aromatic heterocycles. The molecule has 33 heavy (non-hydrogen) atoms. The average Bonchev–Trinajstić information content (AvgIpc) is 3.21. The Bertz CT molecular complexity index is 1380. The summed E-state index contributed by atoms with van der Waals surface area (Å²) in [5.41, 5.74) is 1.96. The van der Waals surface area contributed by atoms with Crippen molar-refractivity contribution in [3.05, 3.63) is 93.8 Å². The van der Waals surface area contributed by atoms with Crippen molar-refractivity contribution in [3.63, 3.8) is 0 Å². The summed E-state index contributed by atoms with van der Waals surface area (Å²) in [7, 11) is -3.99. The minimum atomic E-state index is -3.99. The lowest BCUT2D eigenvalue weighted by Crippen LogP contribution is -2.29. The van der Waals surface area contributed by atoms with Crippen LogP contribution in [-0.4, -0.2) is 31.9 Å². The number of nitrogens with one attached hydrogen (secondary N) is 1. The molecule has 3 aromatic rings. The van der Waals surface area contributed by atoms with E-state index >= 15 is 0 Å². The van der Waals surface area contributed by atoms with Crippen LogP contribution in [0.3, 0.4) is 0 Å². The summed E-state index contributed by atoms with van der Waals surface area (Å²) in [4.78, 5) is 23.6. The lowest BCUT2D eigenvalue weighted by atomic mass is 10.1. The van der Waals surface area contributed by atoms with E-state index in [4.69, 9.17) is 16.7 Å². The third-order valence-corrected chi connectivity index (χ3v) is 7.42. The molecule has 2 N–H and O–H groups in total. The first-order valence-corrected chi connectivity index (χ1v) is 11.7. The summed E-state index contributed by atoms with van der Waals surface area (Å²) in [5, 5.41) is 11.8. The fourth-order valence-corrected chi connectivity index (χ4v) is 5.43. The van der Waals surface area contributed by atoms with Crippen LogP contribution < -0.4 is 9.62 Å². The first-order valence-electron chi connectivity index (χ1n) is 9.88. The molecule has 1 aliphatic rings. The monoisotopic (exact) mass is 488 g/mol. The average molecular weight is 489 g/mol. The summed E-state index contributed by atoms with van der Waals surface area (Å²) < 4.78 is 40.9. The summed E-state index contributed by atoms with van der Waals surface area (Å²) in [6.07, 6.45) is 0.472. The Kier molecular flexibility index (Phi) is 6.09. The van der Waals surface area contributed by atoms with Crippen LogP contribution in [0.4, 0.5) is 10.1 Å². The van der Waals surface area contributed by atoms with Crippen molar-refractivity contribution < 1.29 is 27.5 Å². The van der Waals surface area contributed by atoms with E-state index < -0.39 is 27.7 Å². The minimum Gasteiger partial charge on any atom is -0.478 e. The highest BCUT2D eigenvalue weighted by molar-refractivity contribution is 7.92. The molecule has 0 aliphatic carbocycles. The number of amides is 1. The second kappa shape index (κ2) is 8.84. The highest BCUT2D eigenvalue weighted by atomic mass is 35.5. The lowest BCUT2D eigenvalue weighted by molar-refractivity contribution is 0.0696. The largest absolute Gasteiger partial charge is 0.478 e. The Morgan fingerprint density at radius 1 is 1.09 bits per heavy atom. The number of hydrogen-bond acceptors (Lipinski definition) is 4. The molecule has 10 heteroatoms. The molecule has 4 rings (SSSR count). The zero-order valence-corrected chi connectivity index (χ0v) is 18.7. The number of halogens is 2. The van der Waals surface area contributed by atoms with Crippen LogP contribution in [0, 0.1) is 5.82 Å². The van der Waals surface area contributed by atoms with Crippen molar-refractivity contribution >= 4 is 39.2 Å². The van der Waals surface area contributed by atoms with Gasteiger partial charge in [0.05, 0.1) is 21.2 Å². The SMILES string of the molecule is O=C(NCc1ccc(C(=O)O)c(Cl)c1)c1ccc2c(c1)N(S(=O)(=O)c1cccc(F)c1)CC2. The van der Waals surface area contributed by atoms with Gasteiger partial charge in [0.15, 0.2) is 0 Å². The van der Waals surface area contributed by atoms with Crippen LogP contribution >= 0.6 is 11.6 Å². The molecule has 0 fully saturated rings. The summed E-state index contributed by atoms with van der Waals surface area (Å²) in [6, 6.07) is 14.0. The molecule has 0 unspecified atom stereocenters. The van der Waals surface area contributed by atoms with Gasteiger partial charge in [-0.15, -0.1) is 0 Å². The summed E-state index contributed by atoms with van der Waals surface area (Å²) in [5.74, 6) is -2.24. The molecule has 1 amide bonds. The maximum atomic E-state index is 13.6. The predicted molar refractivity (Wildman–Crippen MR) is 121 cm³/mol. The molecule has 0 saturated heterocycles. The van der Waals surface area contributed by atoms with E-state index in [-0.39, 0.29) is 34.1 Å². The number of carbonyl (C=O) groups is 2. The van der Waals surface area contributed by atoms with E-state index in [1.54, 1.807) is 18.2 Å². The van der Waals surface area contributed by atoms with E-state index in [0.29, 0.717) is 17.7 Å². The maximum absolute atomic E-state index is 13.6. The first-order chi connectivity index (χ1) is 15.7. The van der Waals surface area contributed by atoms with Gasteiger partial charge >= 0.3 is 5.97 Å². The van der Waals surface area contributed by atoms with E-state index in [1.165, 1.54) is 40.7 Å². The molecule has 1 aliphatic heterocycles. The van der Waals surface area contributed by atoms with Crippen LogP contribution in [0.15, 0.2) is 65.6 Å². The van der Waals surface area contributed by atoms with Crippen molar-refractivity contribution in [3.8, 4) is 0 Å². The molecule has 1 heterocycles. The van der Waals surface area contributed by atoms with Crippen molar-refractivity contribution in [2.45, 2.75) is 17.9 Å². The maximum Gasteiger partial charge on any atom is 0.337 e. The lowest BCUT2D eigenvalue weighted by Gasteiger charge is -2.20. The number of carboxylic acid groups (broad SMARTS) is 1. The number of carbonyl (C=O) groups excluding carboxylic acids is 1. The number of rotatable bonds is 6. The Labute approximate surface area is 194 Å². The molecule has 3 aromatic carbocycles. The predicted octanol–water partition coefficient (Wildman–Crippen LogP) is 3.86. The smallest absolute Gasteiger partial charge is 0.337 e. The van der Waals surface area contributed by atoms with Crippen LogP contribution in [-0.2, 0) is 23.0 Å². The number of carboxylic acids is 1. The second-order valence-corrected chi connectivity index (χ2v) is 9.70. The number of hydrogen-bond donors (Lipinski definition) is 2. The molecular weight excluding hydrogens is 471 g/mol. The number of anilines is 1. The van der Waals surface area contributed by atoms with Crippen LogP contribution in [0.1, 0.15) is 31.8 Å². The number of aromatic carboxylic acids is 1. The van der Waals surface area contributed by atoms with Gasteiger partial charge in [0.1, 0.15) is 5.82 Å². The van der Waals surface area contributed by atoms with Crippen molar-refractivity contribution in [1.82, 2.24) is 5.32 Å². The van der Waals surface area contributed by atoms with Crippen LogP contribution in [0.2, 0.25) is 5.02 Å². The fraction of sp³-hybridized carbons (Fsp3) is 0.130. The van der Waals surface area contributed by atoms with Gasteiger partial charge in [-0.25, -0.2) is 17.6 Å². The van der Waals surface area contributed by atoms with Gasteiger partial charge < -0.3 is 10.4 Å².